The van der Waals surface area contributed by atoms with Crippen molar-refractivity contribution in [1.29, 1.82) is 0 Å². The lowest BCUT2D eigenvalue weighted by atomic mass is 10.8. The summed E-state index contributed by atoms with van der Waals surface area (Å²) in [6.45, 7) is 0.0849. The number of nitrogens with zero attached hydrogens (tertiary/aromatic N) is 1. The molecule has 6 heavy (non-hydrogen) atoms. The number of hydrogen-bond acceptors (Lipinski definition) is 3. The first kappa shape index (κ1) is 6.17. The Kier molecular flexibility index (Phi) is 3.46. The molecule has 0 spiro atoms. The normalized spacial score (nSPS) is 10.0. The van der Waals surface area contributed by atoms with Gasteiger partial charge in [0.15, 0.2) is 0 Å². The number of rotatable bonds is 2. The summed E-state index contributed by atoms with van der Waals surface area (Å²) in [5.41, 5.74) is 0. The summed E-state index contributed by atoms with van der Waals surface area (Å²) in [6.07, 6.45) is 0. The molecule has 38 valence electrons. The summed E-state index contributed by atoms with van der Waals surface area (Å²) >= 11 is 5.03. The van der Waals surface area contributed by atoms with Crippen molar-refractivity contribution in [3.05, 3.63) is 0 Å². The third kappa shape index (κ3) is 4.17. The van der Waals surface area contributed by atoms with Crippen LogP contribution in [0.5, 0.6) is 0 Å². The van der Waals surface area contributed by atoms with Crippen LogP contribution in [0.4, 0.5) is 0 Å². The lowest BCUT2D eigenvalue weighted by Gasteiger charge is -1.98. The van der Waals surface area contributed by atoms with Crippen LogP contribution in [0.1, 0.15) is 0 Å². The molecule has 0 bridgehead atoms. The Bertz CT molecular complexity index is 32.7. The standard InChI is InChI=1S/C2H6ClNO2/c3-1-2-4(5)6/h5-6H,1-2H2. The van der Waals surface area contributed by atoms with E-state index in [9.17, 15) is 0 Å². The average Bonchev–Trinajstić information content (AvgIpc) is 1.35. The Morgan fingerprint density at radius 1 is 1.50 bits per heavy atom. The first-order valence-corrected chi connectivity index (χ1v) is 2.02. The monoisotopic (exact) mass is 111 g/mol. The van der Waals surface area contributed by atoms with Gasteiger partial charge >= 0.3 is 0 Å². The summed E-state index contributed by atoms with van der Waals surface area (Å²) in [5.74, 6) is 0.229. The van der Waals surface area contributed by atoms with E-state index < -0.39 is 0 Å². The zero-order valence-corrected chi connectivity index (χ0v) is 3.89. The van der Waals surface area contributed by atoms with Gasteiger partial charge in [-0.25, -0.2) is 0 Å². The molecule has 4 heteroatoms. The van der Waals surface area contributed by atoms with Crippen LogP contribution in [0.2, 0.25) is 0 Å². The second kappa shape index (κ2) is 3.36. The van der Waals surface area contributed by atoms with Gasteiger partial charge in [0, 0.05) is 5.88 Å². The molecule has 0 aliphatic carbocycles. The topological polar surface area (TPSA) is 43.7 Å². The van der Waals surface area contributed by atoms with Crippen molar-refractivity contribution in [1.82, 2.24) is 5.23 Å². The Labute approximate surface area is 40.7 Å². The van der Waals surface area contributed by atoms with Crippen LogP contribution in [0.25, 0.3) is 0 Å². The van der Waals surface area contributed by atoms with Gasteiger partial charge in [-0.3, -0.25) is 10.4 Å². The molecule has 3 nitrogen and oxygen atoms in total. The van der Waals surface area contributed by atoms with Crippen LogP contribution in [-0.4, -0.2) is 28.1 Å². The lowest BCUT2D eigenvalue weighted by molar-refractivity contribution is -0.303. The molecule has 0 fully saturated rings. The highest BCUT2D eigenvalue weighted by molar-refractivity contribution is 6.18. The molecule has 2 N–H and O–H groups in total. The van der Waals surface area contributed by atoms with E-state index in [0.717, 1.165) is 0 Å². The van der Waals surface area contributed by atoms with Gasteiger partial charge in [0.2, 0.25) is 0 Å². The van der Waals surface area contributed by atoms with Gasteiger partial charge in [0.1, 0.15) is 0 Å². The molecule has 0 aromatic rings. The van der Waals surface area contributed by atoms with Gasteiger partial charge in [-0.1, -0.05) is 5.23 Å². The van der Waals surface area contributed by atoms with Crippen LogP contribution in [0, 0.1) is 0 Å². The molecule has 0 rings (SSSR count). The third-order valence-electron chi connectivity index (χ3n) is 0.285. The maximum atomic E-state index is 7.86. The summed E-state index contributed by atoms with van der Waals surface area (Å²) in [7, 11) is 0. The van der Waals surface area contributed by atoms with Gasteiger partial charge < -0.3 is 0 Å². The number of alkyl halides is 1. The first-order valence-electron chi connectivity index (χ1n) is 1.48. The van der Waals surface area contributed by atoms with Crippen molar-refractivity contribution in [3.8, 4) is 0 Å². The van der Waals surface area contributed by atoms with Crippen LogP contribution < -0.4 is 0 Å². The minimum Gasteiger partial charge on any atom is -0.290 e. The van der Waals surface area contributed by atoms with E-state index in [0.29, 0.717) is 0 Å². The van der Waals surface area contributed by atoms with E-state index in [1.54, 1.807) is 0 Å². The zero-order chi connectivity index (χ0) is 4.99. The third-order valence-corrected chi connectivity index (χ3v) is 0.454. The minimum absolute atomic E-state index is 0.0486. The molecule has 0 aromatic carbocycles. The number of halogens is 1. The summed E-state index contributed by atoms with van der Waals surface area (Å²) in [5, 5.41) is 15.8. The van der Waals surface area contributed by atoms with E-state index in [1.165, 1.54) is 0 Å². The van der Waals surface area contributed by atoms with Crippen molar-refractivity contribution < 1.29 is 10.4 Å². The molecule has 0 atom stereocenters. The molecular formula is C2H6ClNO2. The van der Waals surface area contributed by atoms with E-state index in [1.807, 2.05) is 0 Å². The summed E-state index contributed by atoms with van der Waals surface area (Å²) in [6, 6.07) is 0. The maximum absolute atomic E-state index is 7.86. The predicted molar refractivity (Wildman–Crippen MR) is 21.0 cm³/mol. The molecule has 0 saturated carbocycles. The second-order valence-electron chi connectivity index (χ2n) is 0.785. The first-order chi connectivity index (χ1) is 2.77. The van der Waals surface area contributed by atoms with Gasteiger partial charge in [-0.05, 0) is 0 Å². The van der Waals surface area contributed by atoms with Crippen molar-refractivity contribution in [2.24, 2.45) is 0 Å². The van der Waals surface area contributed by atoms with Crippen molar-refractivity contribution in [3.63, 3.8) is 0 Å². The summed E-state index contributed by atoms with van der Waals surface area (Å²) in [4.78, 5) is 0. The number of hydrogen-bond donors (Lipinski definition) is 2. The second-order valence-corrected chi connectivity index (χ2v) is 1.16. The van der Waals surface area contributed by atoms with Crippen LogP contribution in [0.3, 0.4) is 0 Å². The molecule has 0 heterocycles. The van der Waals surface area contributed by atoms with Crippen molar-refractivity contribution in [2.75, 3.05) is 12.4 Å². The molecular weight excluding hydrogens is 105 g/mol. The van der Waals surface area contributed by atoms with Gasteiger partial charge in [-0.15, -0.1) is 11.6 Å². The van der Waals surface area contributed by atoms with Crippen molar-refractivity contribution in [2.45, 2.75) is 0 Å². The summed E-state index contributed by atoms with van der Waals surface area (Å²) < 4.78 is 0. The average molecular weight is 112 g/mol. The lowest BCUT2D eigenvalue weighted by Crippen LogP contribution is -2.15. The Hall–Kier alpha value is 0.170. The fourth-order valence-electron chi connectivity index (χ4n) is 0.0756. The Morgan fingerprint density at radius 2 is 2.00 bits per heavy atom. The van der Waals surface area contributed by atoms with Crippen LogP contribution in [0.15, 0.2) is 0 Å². The highest BCUT2D eigenvalue weighted by atomic mass is 35.5. The van der Waals surface area contributed by atoms with E-state index in [-0.39, 0.29) is 17.7 Å². The van der Waals surface area contributed by atoms with Gasteiger partial charge in [0.25, 0.3) is 0 Å². The molecule has 0 aliphatic rings. The van der Waals surface area contributed by atoms with Gasteiger partial charge in [-0.2, -0.15) is 0 Å². The molecule has 0 amide bonds. The van der Waals surface area contributed by atoms with E-state index in [2.05, 4.69) is 0 Å². The molecule has 0 unspecified atom stereocenters. The highest BCUT2D eigenvalue weighted by Crippen LogP contribution is 1.74. The Balaban J connectivity index is 2.63. The fourth-order valence-corrected chi connectivity index (χ4v) is 0.227. The SMILES string of the molecule is ON(O)CCCl. The molecule has 0 aliphatic heterocycles. The van der Waals surface area contributed by atoms with Crippen LogP contribution >= 0.6 is 11.6 Å². The van der Waals surface area contributed by atoms with Gasteiger partial charge in [0.05, 0.1) is 6.54 Å². The molecule has 0 aromatic heterocycles. The Morgan fingerprint density at radius 3 is 2.00 bits per heavy atom. The van der Waals surface area contributed by atoms with Crippen LogP contribution in [-0.2, 0) is 0 Å². The minimum atomic E-state index is 0.0486. The molecule has 0 radical (unpaired) electrons. The zero-order valence-electron chi connectivity index (χ0n) is 3.13. The quantitative estimate of drug-likeness (QED) is 0.398. The molecule has 0 saturated heterocycles. The smallest absolute Gasteiger partial charge is 0.0648 e. The van der Waals surface area contributed by atoms with Crippen molar-refractivity contribution >= 4 is 11.6 Å². The number of hydroxylamine groups is 2. The largest absolute Gasteiger partial charge is 0.290 e. The van der Waals surface area contributed by atoms with E-state index >= 15 is 0 Å². The maximum Gasteiger partial charge on any atom is 0.0648 e. The fraction of sp³-hybridized carbons (Fsp3) is 1.00. The highest BCUT2D eigenvalue weighted by Gasteiger charge is 1.85. The predicted octanol–water partition coefficient (Wildman–Crippen LogP) is 0.306. The van der Waals surface area contributed by atoms with E-state index in [4.69, 9.17) is 22.0 Å².